The van der Waals surface area contributed by atoms with Crippen molar-refractivity contribution >= 4 is 34.2 Å². The lowest BCUT2D eigenvalue weighted by molar-refractivity contribution is 0.689. The highest BCUT2D eigenvalue weighted by Gasteiger charge is 2.17. The smallest absolute Gasteiger partial charge is 0.128 e. The van der Waals surface area contributed by atoms with Crippen molar-refractivity contribution in [3.8, 4) is 0 Å². The largest absolute Gasteiger partial charge is 0.321 e. The number of imidazole rings is 1. The van der Waals surface area contributed by atoms with Crippen molar-refractivity contribution in [1.29, 1.82) is 0 Å². The van der Waals surface area contributed by atoms with Gasteiger partial charge in [-0.1, -0.05) is 17.7 Å². The van der Waals surface area contributed by atoms with Gasteiger partial charge < -0.3 is 4.57 Å². The highest BCUT2D eigenvalue weighted by molar-refractivity contribution is 6.35. The van der Waals surface area contributed by atoms with Gasteiger partial charge >= 0.3 is 0 Å². The fourth-order valence-electron chi connectivity index (χ4n) is 2.31. The van der Waals surface area contributed by atoms with Gasteiger partial charge in [-0.05, 0) is 25.1 Å². The third kappa shape index (κ3) is 2.30. The minimum absolute atomic E-state index is 0.192. The highest BCUT2D eigenvalue weighted by atomic mass is 35.5. The van der Waals surface area contributed by atoms with Crippen LogP contribution in [0.5, 0.6) is 0 Å². The first kappa shape index (κ1) is 13.5. The van der Waals surface area contributed by atoms with E-state index >= 15 is 0 Å². The molecular formula is C14H14Cl2N4. The molecule has 0 saturated carbocycles. The standard InChI is InChI=1S/C14H14Cl2N4/c1-9(15)14-17-13-11(16)4-3-5-12(13)20(14)8-10-6-7-19(2)18-10/h3-7,9H,8H2,1-2H3. The van der Waals surface area contributed by atoms with Gasteiger partial charge in [-0.25, -0.2) is 4.98 Å². The molecule has 0 amide bonds. The average Bonchev–Trinajstić information content (AvgIpc) is 2.96. The number of aromatic nitrogens is 4. The summed E-state index contributed by atoms with van der Waals surface area (Å²) >= 11 is 12.5. The first-order chi connectivity index (χ1) is 9.56. The van der Waals surface area contributed by atoms with Crippen molar-refractivity contribution in [3.63, 3.8) is 0 Å². The first-order valence-electron chi connectivity index (χ1n) is 6.33. The average molecular weight is 309 g/mol. The van der Waals surface area contributed by atoms with Crippen LogP contribution in [-0.2, 0) is 13.6 Å². The maximum Gasteiger partial charge on any atom is 0.128 e. The summed E-state index contributed by atoms with van der Waals surface area (Å²) in [6.45, 7) is 2.54. The van der Waals surface area contributed by atoms with Gasteiger partial charge in [-0.2, -0.15) is 5.10 Å². The SMILES string of the molecule is CC(Cl)c1nc2c(Cl)cccc2n1Cc1ccn(C)n1. The predicted molar refractivity (Wildman–Crippen MR) is 81.3 cm³/mol. The molecule has 0 radical (unpaired) electrons. The van der Waals surface area contributed by atoms with Crippen LogP contribution in [0.15, 0.2) is 30.5 Å². The molecule has 0 fully saturated rings. The van der Waals surface area contributed by atoms with Crippen LogP contribution in [0.3, 0.4) is 0 Å². The van der Waals surface area contributed by atoms with E-state index in [0.29, 0.717) is 11.6 Å². The van der Waals surface area contributed by atoms with Crippen molar-refractivity contribution in [3.05, 3.63) is 47.0 Å². The van der Waals surface area contributed by atoms with E-state index in [1.807, 2.05) is 44.4 Å². The van der Waals surface area contributed by atoms with Gasteiger partial charge in [0.2, 0.25) is 0 Å². The Balaban J connectivity index is 2.16. The zero-order chi connectivity index (χ0) is 14.3. The molecular weight excluding hydrogens is 295 g/mol. The summed E-state index contributed by atoms with van der Waals surface area (Å²) in [5.41, 5.74) is 2.73. The summed E-state index contributed by atoms with van der Waals surface area (Å²) in [6.07, 6.45) is 1.92. The topological polar surface area (TPSA) is 35.6 Å². The Morgan fingerprint density at radius 3 is 2.75 bits per heavy atom. The second kappa shape index (κ2) is 5.11. The Morgan fingerprint density at radius 1 is 1.30 bits per heavy atom. The van der Waals surface area contributed by atoms with E-state index in [1.165, 1.54) is 0 Å². The van der Waals surface area contributed by atoms with Crippen LogP contribution in [0.25, 0.3) is 11.0 Å². The Kier molecular flexibility index (Phi) is 3.44. The second-order valence-electron chi connectivity index (χ2n) is 4.76. The minimum Gasteiger partial charge on any atom is -0.321 e. The summed E-state index contributed by atoms with van der Waals surface area (Å²) in [5.74, 6) is 0.806. The zero-order valence-electron chi connectivity index (χ0n) is 11.2. The third-order valence-electron chi connectivity index (χ3n) is 3.20. The number of alkyl halides is 1. The number of hydrogen-bond donors (Lipinski definition) is 0. The summed E-state index contributed by atoms with van der Waals surface area (Å²) in [7, 11) is 1.90. The van der Waals surface area contributed by atoms with E-state index < -0.39 is 0 Å². The predicted octanol–water partition coefficient (Wildman–Crippen LogP) is 3.77. The molecule has 3 aromatic rings. The Hall–Kier alpha value is -1.52. The molecule has 3 rings (SSSR count). The van der Waals surface area contributed by atoms with Crippen LogP contribution in [0, 0.1) is 0 Å². The molecule has 0 saturated heterocycles. The second-order valence-corrected chi connectivity index (χ2v) is 5.82. The van der Waals surface area contributed by atoms with Crippen molar-refractivity contribution < 1.29 is 0 Å². The summed E-state index contributed by atoms with van der Waals surface area (Å²) in [4.78, 5) is 4.58. The molecule has 6 heteroatoms. The number of aryl methyl sites for hydroxylation is 1. The van der Waals surface area contributed by atoms with Crippen LogP contribution in [0.2, 0.25) is 5.02 Å². The van der Waals surface area contributed by atoms with Crippen LogP contribution in [0.4, 0.5) is 0 Å². The quantitative estimate of drug-likeness (QED) is 0.690. The molecule has 1 aromatic carbocycles. The normalized spacial score (nSPS) is 13.0. The molecule has 20 heavy (non-hydrogen) atoms. The fraction of sp³-hybridized carbons (Fsp3) is 0.286. The number of hydrogen-bond acceptors (Lipinski definition) is 2. The molecule has 1 atom stereocenters. The molecule has 2 heterocycles. The number of rotatable bonds is 3. The van der Waals surface area contributed by atoms with Gasteiger partial charge in [0.05, 0.1) is 28.2 Å². The Morgan fingerprint density at radius 2 is 2.10 bits per heavy atom. The molecule has 104 valence electrons. The number of para-hydroxylation sites is 1. The van der Waals surface area contributed by atoms with E-state index in [-0.39, 0.29) is 5.38 Å². The fourth-order valence-corrected chi connectivity index (χ4v) is 2.69. The minimum atomic E-state index is -0.192. The van der Waals surface area contributed by atoms with E-state index in [4.69, 9.17) is 23.2 Å². The summed E-state index contributed by atoms with van der Waals surface area (Å²) in [6, 6.07) is 7.74. The number of benzene rings is 1. The van der Waals surface area contributed by atoms with Gasteiger partial charge in [-0.3, -0.25) is 4.68 Å². The Labute approximate surface area is 126 Å². The van der Waals surface area contributed by atoms with Crippen LogP contribution in [-0.4, -0.2) is 19.3 Å². The molecule has 1 unspecified atom stereocenters. The number of nitrogens with zero attached hydrogens (tertiary/aromatic N) is 4. The molecule has 2 aromatic heterocycles. The lowest BCUT2D eigenvalue weighted by Crippen LogP contribution is -2.06. The zero-order valence-corrected chi connectivity index (χ0v) is 12.7. The van der Waals surface area contributed by atoms with Gasteiger partial charge in [-0.15, -0.1) is 11.6 Å². The van der Waals surface area contributed by atoms with Crippen LogP contribution >= 0.6 is 23.2 Å². The van der Waals surface area contributed by atoms with E-state index in [2.05, 4.69) is 14.6 Å². The van der Waals surface area contributed by atoms with Crippen LogP contribution < -0.4 is 0 Å². The number of fused-ring (bicyclic) bond motifs is 1. The van der Waals surface area contributed by atoms with Crippen molar-refractivity contribution in [2.24, 2.45) is 7.05 Å². The van der Waals surface area contributed by atoms with Crippen LogP contribution in [0.1, 0.15) is 23.8 Å². The molecule has 0 spiro atoms. The molecule has 0 aliphatic carbocycles. The molecule has 0 aliphatic rings. The maximum atomic E-state index is 6.25. The van der Waals surface area contributed by atoms with Gasteiger partial charge in [0.15, 0.2) is 0 Å². The highest BCUT2D eigenvalue weighted by Crippen LogP contribution is 2.29. The number of halogens is 2. The van der Waals surface area contributed by atoms with E-state index in [9.17, 15) is 0 Å². The van der Waals surface area contributed by atoms with Crippen molar-refractivity contribution in [2.45, 2.75) is 18.8 Å². The lowest BCUT2D eigenvalue weighted by atomic mass is 10.3. The van der Waals surface area contributed by atoms with Crippen molar-refractivity contribution in [1.82, 2.24) is 19.3 Å². The molecule has 0 aliphatic heterocycles. The van der Waals surface area contributed by atoms with Gasteiger partial charge in [0.1, 0.15) is 11.3 Å². The van der Waals surface area contributed by atoms with Crippen molar-refractivity contribution in [2.75, 3.05) is 0 Å². The molecule has 0 bridgehead atoms. The van der Waals surface area contributed by atoms with Gasteiger partial charge in [0, 0.05) is 13.2 Å². The van der Waals surface area contributed by atoms with E-state index in [0.717, 1.165) is 22.6 Å². The molecule has 4 nitrogen and oxygen atoms in total. The maximum absolute atomic E-state index is 6.25. The third-order valence-corrected chi connectivity index (χ3v) is 3.70. The lowest BCUT2D eigenvalue weighted by Gasteiger charge is -2.08. The summed E-state index contributed by atoms with van der Waals surface area (Å²) < 4.78 is 3.85. The Bertz CT molecular complexity index is 758. The first-order valence-corrected chi connectivity index (χ1v) is 7.15. The molecule has 0 N–H and O–H groups in total. The van der Waals surface area contributed by atoms with E-state index in [1.54, 1.807) is 4.68 Å². The monoisotopic (exact) mass is 308 g/mol. The van der Waals surface area contributed by atoms with Gasteiger partial charge in [0.25, 0.3) is 0 Å². The summed E-state index contributed by atoms with van der Waals surface area (Å²) in [5, 5.41) is 4.85.